The first-order valence-electron chi connectivity index (χ1n) is 13.2. The molecule has 1 saturated carbocycles. The number of likely N-dealkylation sites (tertiary alicyclic amines) is 1. The SMILES string of the molecule is C[C@@H]1CCC[C@H](C)N1C1CCC(CN2C(=O)C(c3cccc(C(=N)N)c3)Sc3ccccc32)CC1. The van der Waals surface area contributed by atoms with Crippen LogP contribution in [0.25, 0.3) is 0 Å². The third-order valence-corrected chi connectivity index (χ3v) is 9.64. The van der Waals surface area contributed by atoms with Gasteiger partial charge in [0.1, 0.15) is 11.1 Å². The number of benzene rings is 2. The second-order valence-electron chi connectivity index (χ2n) is 10.7. The average Bonchev–Trinajstić information content (AvgIpc) is 2.86. The maximum absolute atomic E-state index is 13.9. The Labute approximate surface area is 214 Å². The zero-order chi connectivity index (χ0) is 24.5. The third kappa shape index (κ3) is 5.01. The minimum Gasteiger partial charge on any atom is -0.384 e. The lowest BCUT2D eigenvalue weighted by molar-refractivity contribution is -0.118. The molecule has 2 aromatic carbocycles. The summed E-state index contributed by atoms with van der Waals surface area (Å²) in [5, 5.41) is 7.50. The number of carbonyl (C=O) groups is 1. The summed E-state index contributed by atoms with van der Waals surface area (Å²) >= 11 is 1.61. The summed E-state index contributed by atoms with van der Waals surface area (Å²) in [6.45, 7) is 5.60. The molecule has 2 aromatic rings. The van der Waals surface area contributed by atoms with Gasteiger partial charge in [0.25, 0.3) is 0 Å². The fraction of sp³-hybridized carbons (Fsp3) is 0.517. The van der Waals surface area contributed by atoms with Crippen LogP contribution in [0.4, 0.5) is 5.69 Å². The molecule has 1 saturated heterocycles. The molecule has 1 amide bonds. The van der Waals surface area contributed by atoms with Crippen molar-refractivity contribution in [2.75, 3.05) is 11.4 Å². The van der Waals surface area contributed by atoms with E-state index >= 15 is 0 Å². The lowest BCUT2D eigenvalue weighted by atomic mass is 9.82. The van der Waals surface area contributed by atoms with E-state index in [9.17, 15) is 4.79 Å². The number of nitrogens with two attached hydrogens (primary N) is 1. The molecular formula is C29H38N4OS. The van der Waals surface area contributed by atoms with Crippen molar-refractivity contribution in [1.29, 1.82) is 5.41 Å². The van der Waals surface area contributed by atoms with E-state index < -0.39 is 0 Å². The van der Waals surface area contributed by atoms with Crippen molar-refractivity contribution in [3.05, 3.63) is 59.7 Å². The molecule has 2 heterocycles. The summed E-state index contributed by atoms with van der Waals surface area (Å²) in [5.41, 5.74) is 8.37. The van der Waals surface area contributed by atoms with Crippen LogP contribution >= 0.6 is 11.8 Å². The zero-order valence-corrected chi connectivity index (χ0v) is 21.8. The maximum Gasteiger partial charge on any atom is 0.245 e. The van der Waals surface area contributed by atoms with E-state index in [0.29, 0.717) is 29.6 Å². The Bertz CT molecular complexity index is 1070. The standard InChI is InChI=1S/C29H38N4OS/c1-19-7-5-8-20(2)33(19)24-15-13-21(14-16-24)18-32-25-11-3-4-12-26(25)35-27(29(32)34)22-9-6-10-23(17-22)28(30)31/h3-4,6,9-12,17,19-21,24,27H,5,7-8,13-16,18H2,1-2H3,(H3,30,31)/t19-,20+,21?,24?,27?. The van der Waals surface area contributed by atoms with Crippen LogP contribution in [0, 0.1) is 11.3 Å². The number of hydrogen-bond acceptors (Lipinski definition) is 4. The lowest BCUT2D eigenvalue weighted by Crippen LogP contribution is -2.51. The molecule has 1 aliphatic carbocycles. The number of para-hydroxylation sites is 1. The number of nitrogens with zero attached hydrogens (tertiary/aromatic N) is 2. The van der Waals surface area contributed by atoms with Crippen molar-refractivity contribution >= 4 is 29.2 Å². The van der Waals surface area contributed by atoms with Crippen LogP contribution in [0.1, 0.15) is 75.2 Å². The molecule has 0 aromatic heterocycles. The fourth-order valence-electron chi connectivity index (χ4n) is 6.53. The van der Waals surface area contributed by atoms with Crippen molar-refractivity contribution in [3.63, 3.8) is 0 Å². The number of fused-ring (bicyclic) bond motifs is 1. The Hall–Kier alpha value is -2.31. The van der Waals surface area contributed by atoms with Gasteiger partial charge in [-0.2, -0.15) is 0 Å². The molecule has 0 spiro atoms. The second kappa shape index (κ2) is 10.4. The highest BCUT2D eigenvalue weighted by molar-refractivity contribution is 8.00. The van der Waals surface area contributed by atoms with Crippen molar-refractivity contribution in [2.24, 2.45) is 11.7 Å². The molecule has 3 aliphatic rings. The van der Waals surface area contributed by atoms with Gasteiger partial charge in [-0.25, -0.2) is 0 Å². The number of rotatable bonds is 5. The van der Waals surface area contributed by atoms with E-state index in [2.05, 4.69) is 36.9 Å². The number of nitrogens with one attached hydrogen (secondary N) is 1. The molecule has 186 valence electrons. The van der Waals surface area contributed by atoms with Gasteiger partial charge < -0.3 is 10.6 Å². The van der Waals surface area contributed by atoms with Crippen molar-refractivity contribution in [3.8, 4) is 0 Å². The summed E-state index contributed by atoms with van der Waals surface area (Å²) in [7, 11) is 0. The average molecular weight is 491 g/mol. The zero-order valence-electron chi connectivity index (χ0n) is 21.0. The van der Waals surface area contributed by atoms with Crippen LogP contribution in [0.3, 0.4) is 0 Å². The van der Waals surface area contributed by atoms with Gasteiger partial charge in [-0.3, -0.25) is 15.1 Å². The number of amidine groups is 1. The smallest absolute Gasteiger partial charge is 0.245 e. The van der Waals surface area contributed by atoms with Gasteiger partial charge in [0, 0.05) is 35.1 Å². The lowest BCUT2D eigenvalue weighted by Gasteiger charge is -2.47. The fourth-order valence-corrected chi connectivity index (χ4v) is 7.75. The first-order chi connectivity index (χ1) is 16.9. The van der Waals surface area contributed by atoms with Crippen molar-refractivity contribution in [1.82, 2.24) is 4.90 Å². The molecule has 0 radical (unpaired) electrons. The Morgan fingerprint density at radius 1 is 1.00 bits per heavy atom. The molecular weight excluding hydrogens is 452 g/mol. The monoisotopic (exact) mass is 490 g/mol. The van der Waals surface area contributed by atoms with Gasteiger partial charge in [-0.05, 0) is 82.1 Å². The molecule has 2 aliphatic heterocycles. The number of piperidine rings is 1. The first kappa shape index (κ1) is 24.4. The van der Waals surface area contributed by atoms with Gasteiger partial charge >= 0.3 is 0 Å². The quantitative estimate of drug-likeness (QED) is 0.400. The van der Waals surface area contributed by atoms with E-state index in [1.165, 1.54) is 44.9 Å². The number of nitrogen functional groups attached to an aromatic ring is 1. The summed E-state index contributed by atoms with van der Waals surface area (Å²) in [6, 6.07) is 18.0. The van der Waals surface area contributed by atoms with E-state index in [1.54, 1.807) is 11.8 Å². The van der Waals surface area contributed by atoms with Gasteiger partial charge in [0.2, 0.25) is 5.91 Å². The van der Waals surface area contributed by atoms with Gasteiger partial charge in [0.05, 0.1) is 5.69 Å². The number of amides is 1. The van der Waals surface area contributed by atoms with Crippen LogP contribution in [0.2, 0.25) is 0 Å². The van der Waals surface area contributed by atoms with E-state index in [-0.39, 0.29) is 17.0 Å². The van der Waals surface area contributed by atoms with Crippen LogP contribution in [-0.4, -0.2) is 41.3 Å². The minimum absolute atomic E-state index is 0.0338. The highest BCUT2D eigenvalue weighted by Crippen LogP contribution is 2.47. The van der Waals surface area contributed by atoms with E-state index in [4.69, 9.17) is 11.1 Å². The summed E-state index contributed by atoms with van der Waals surface area (Å²) in [5.74, 6) is 0.715. The topological polar surface area (TPSA) is 73.4 Å². The molecule has 5 nitrogen and oxygen atoms in total. The van der Waals surface area contributed by atoms with E-state index in [0.717, 1.165) is 22.7 Å². The second-order valence-corrected chi connectivity index (χ2v) is 11.9. The maximum atomic E-state index is 13.9. The molecule has 35 heavy (non-hydrogen) atoms. The van der Waals surface area contributed by atoms with Crippen LogP contribution in [-0.2, 0) is 4.79 Å². The minimum atomic E-state index is -0.310. The number of anilines is 1. The molecule has 1 unspecified atom stereocenters. The highest BCUT2D eigenvalue weighted by atomic mass is 32.2. The summed E-state index contributed by atoms with van der Waals surface area (Å²) in [4.78, 5) is 19.9. The third-order valence-electron chi connectivity index (χ3n) is 8.33. The van der Waals surface area contributed by atoms with Crippen molar-refractivity contribution in [2.45, 2.75) is 87.1 Å². The number of hydrogen-bond donors (Lipinski definition) is 2. The largest absolute Gasteiger partial charge is 0.384 e. The normalized spacial score (nSPS) is 29.6. The van der Waals surface area contributed by atoms with Gasteiger partial charge in [-0.15, -0.1) is 11.8 Å². The predicted molar refractivity (Wildman–Crippen MR) is 145 cm³/mol. The summed E-state index contributed by atoms with van der Waals surface area (Å²) < 4.78 is 0. The molecule has 2 fully saturated rings. The van der Waals surface area contributed by atoms with Gasteiger partial charge in [0.15, 0.2) is 0 Å². The van der Waals surface area contributed by atoms with Gasteiger partial charge in [-0.1, -0.05) is 36.8 Å². The predicted octanol–water partition coefficient (Wildman–Crippen LogP) is 5.97. The Kier molecular flexibility index (Phi) is 7.21. The van der Waals surface area contributed by atoms with Crippen LogP contribution in [0.5, 0.6) is 0 Å². The molecule has 0 bridgehead atoms. The molecule has 5 rings (SSSR count). The number of carbonyl (C=O) groups excluding carboxylic acids is 1. The number of thioether (sulfide) groups is 1. The Morgan fingerprint density at radius 3 is 2.43 bits per heavy atom. The highest BCUT2D eigenvalue weighted by Gasteiger charge is 2.38. The molecule has 3 N–H and O–H groups in total. The first-order valence-corrected chi connectivity index (χ1v) is 14.1. The Morgan fingerprint density at radius 2 is 1.71 bits per heavy atom. The van der Waals surface area contributed by atoms with Crippen LogP contribution < -0.4 is 10.6 Å². The molecule has 3 atom stereocenters. The Balaban J connectivity index is 1.32. The van der Waals surface area contributed by atoms with Crippen molar-refractivity contribution < 1.29 is 4.79 Å². The van der Waals surface area contributed by atoms with Crippen LogP contribution in [0.15, 0.2) is 53.4 Å². The van der Waals surface area contributed by atoms with E-state index in [1.807, 2.05) is 35.2 Å². The molecule has 6 heteroatoms. The summed E-state index contributed by atoms with van der Waals surface area (Å²) in [6.07, 6.45) is 8.86.